The average Bonchev–Trinajstić information content (AvgIpc) is 2.92. The number of amides is 1. The van der Waals surface area contributed by atoms with Gasteiger partial charge in [-0.15, -0.1) is 0 Å². The zero-order valence-electron chi connectivity index (χ0n) is 17.3. The Balaban J connectivity index is 1.63. The molecule has 2 aliphatic rings. The fourth-order valence-corrected chi connectivity index (χ4v) is 4.13. The number of anilines is 1. The molecule has 0 radical (unpaired) electrons. The predicted molar refractivity (Wildman–Crippen MR) is 110 cm³/mol. The van der Waals surface area contributed by atoms with Crippen LogP contribution in [0.1, 0.15) is 33.6 Å². The average molecular weight is 397 g/mol. The Labute approximate surface area is 170 Å². The van der Waals surface area contributed by atoms with Gasteiger partial charge >= 0.3 is 6.09 Å². The van der Waals surface area contributed by atoms with Crippen molar-refractivity contribution in [3.63, 3.8) is 0 Å². The van der Waals surface area contributed by atoms with Gasteiger partial charge in [0.05, 0.1) is 17.8 Å². The van der Waals surface area contributed by atoms with Crippen LogP contribution < -0.4 is 10.5 Å². The van der Waals surface area contributed by atoms with Crippen molar-refractivity contribution in [3.05, 3.63) is 40.9 Å². The van der Waals surface area contributed by atoms with Crippen LogP contribution in [0.4, 0.5) is 10.7 Å². The zero-order valence-corrected chi connectivity index (χ0v) is 17.3. The minimum atomic E-state index is -0.516. The molecule has 1 amide bonds. The van der Waals surface area contributed by atoms with Crippen molar-refractivity contribution in [1.29, 1.82) is 0 Å². The molecule has 0 saturated carbocycles. The molecule has 0 aromatic carbocycles. The number of piperazine rings is 1. The van der Waals surface area contributed by atoms with Gasteiger partial charge in [-0.05, 0) is 45.7 Å². The van der Waals surface area contributed by atoms with E-state index in [2.05, 4.69) is 9.88 Å². The lowest BCUT2D eigenvalue weighted by Gasteiger charge is -2.42. The monoisotopic (exact) mass is 397 g/mol. The molecule has 154 valence electrons. The summed E-state index contributed by atoms with van der Waals surface area (Å²) in [6, 6.07) is 5.48. The Morgan fingerprint density at radius 2 is 1.76 bits per heavy atom. The lowest BCUT2D eigenvalue weighted by atomic mass is 10.2. The van der Waals surface area contributed by atoms with E-state index in [1.54, 1.807) is 35.0 Å². The molecule has 8 heteroatoms. The fraction of sp³-hybridized carbons (Fsp3) is 0.524. The first-order valence-electron chi connectivity index (χ1n) is 9.97. The quantitative estimate of drug-likeness (QED) is 0.774. The van der Waals surface area contributed by atoms with Crippen LogP contribution in [0.5, 0.6) is 0 Å². The van der Waals surface area contributed by atoms with Crippen LogP contribution in [-0.2, 0) is 11.8 Å². The summed E-state index contributed by atoms with van der Waals surface area (Å²) in [5.74, 6) is 0.653. The van der Waals surface area contributed by atoms with Gasteiger partial charge in [-0.2, -0.15) is 0 Å². The van der Waals surface area contributed by atoms with Crippen LogP contribution >= 0.6 is 0 Å². The highest BCUT2D eigenvalue weighted by Gasteiger charge is 2.44. The topological polar surface area (TPSA) is 80.6 Å². The SMILES string of the molecule is Cn1c(N2[C@@H]3CC[C@H]2CN(C(=O)OC(C)(C)C)C3)nc(-c2ccncc2)cc1=O. The van der Waals surface area contributed by atoms with Gasteiger partial charge in [0.2, 0.25) is 5.95 Å². The molecule has 2 atom stereocenters. The number of hydrogen-bond acceptors (Lipinski definition) is 6. The van der Waals surface area contributed by atoms with Gasteiger partial charge in [-0.1, -0.05) is 0 Å². The molecular formula is C21H27N5O3. The Bertz CT molecular complexity index is 953. The van der Waals surface area contributed by atoms with Crippen LogP contribution in [0.15, 0.2) is 35.4 Å². The summed E-state index contributed by atoms with van der Waals surface area (Å²) >= 11 is 0. The largest absolute Gasteiger partial charge is 0.444 e. The molecule has 4 heterocycles. The van der Waals surface area contributed by atoms with Crippen molar-refractivity contribution in [2.45, 2.75) is 51.3 Å². The molecule has 2 aromatic heterocycles. The van der Waals surface area contributed by atoms with E-state index in [9.17, 15) is 9.59 Å². The normalized spacial score (nSPS) is 21.4. The molecule has 2 aliphatic heterocycles. The third-order valence-electron chi connectivity index (χ3n) is 5.45. The molecule has 8 nitrogen and oxygen atoms in total. The maximum atomic E-state index is 12.6. The van der Waals surface area contributed by atoms with Gasteiger partial charge in [0, 0.05) is 44.2 Å². The summed E-state index contributed by atoms with van der Waals surface area (Å²) in [4.78, 5) is 38.0. The first-order valence-corrected chi connectivity index (χ1v) is 9.97. The van der Waals surface area contributed by atoms with E-state index in [1.807, 2.05) is 32.9 Å². The standard InChI is InChI=1S/C21H27N5O3/c1-21(2,3)29-20(28)25-12-15-5-6-16(13-25)26(15)19-23-17(11-18(27)24(19)4)14-7-9-22-10-8-14/h7-11,15-16H,5-6,12-13H2,1-4H3/t15-,16+. The maximum absolute atomic E-state index is 12.6. The number of carbonyl (C=O) groups excluding carboxylic acids is 1. The summed E-state index contributed by atoms with van der Waals surface area (Å²) in [6.45, 7) is 6.77. The Morgan fingerprint density at radius 3 is 2.34 bits per heavy atom. The van der Waals surface area contributed by atoms with E-state index in [-0.39, 0.29) is 23.7 Å². The zero-order chi connectivity index (χ0) is 20.8. The first kappa shape index (κ1) is 19.4. The molecule has 0 N–H and O–H groups in total. The number of aromatic nitrogens is 3. The van der Waals surface area contributed by atoms with E-state index < -0.39 is 5.60 Å². The second-order valence-corrected chi connectivity index (χ2v) is 8.75. The minimum absolute atomic E-state index is 0.101. The molecule has 0 unspecified atom stereocenters. The maximum Gasteiger partial charge on any atom is 0.410 e. The predicted octanol–water partition coefficient (Wildman–Crippen LogP) is 2.43. The Hall–Kier alpha value is -2.90. The van der Waals surface area contributed by atoms with Crippen LogP contribution in [-0.4, -0.2) is 56.3 Å². The molecular weight excluding hydrogens is 370 g/mol. The van der Waals surface area contributed by atoms with Crippen LogP contribution in [0.25, 0.3) is 11.3 Å². The van der Waals surface area contributed by atoms with Gasteiger partial charge in [0.15, 0.2) is 0 Å². The van der Waals surface area contributed by atoms with E-state index in [0.717, 1.165) is 18.4 Å². The molecule has 0 aliphatic carbocycles. The van der Waals surface area contributed by atoms with Crippen molar-refractivity contribution < 1.29 is 9.53 Å². The summed E-state index contributed by atoms with van der Waals surface area (Å²) in [6.07, 6.45) is 5.02. The number of pyridine rings is 1. The molecule has 2 fully saturated rings. The molecule has 2 saturated heterocycles. The highest BCUT2D eigenvalue weighted by molar-refractivity contribution is 5.69. The number of hydrogen-bond donors (Lipinski definition) is 0. The van der Waals surface area contributed by atoms with Crippen molar-refractivity contribution in [3.8, 4) is 11.3 Å². The number of rotatable bonds is 2. The van der Waals surface area contributed by atoms with E-state index in [1.165, 1.54) is 0 Å². The second-order valence-electron chi connectivity index (χ2n) is 8.75. The molecule has 2 bridgehead atoms. The summed E-state index contributed by atoms with van der Waals surface area (Å²) in [5, 5.41) is 0. The lowest BCUT2D eigenvalue weighted by molar-refractivity contribution is 0.0208. The number of ether oxygens (including phenoxy) is 1. The summed E-state index contributed by atoms with van der Waals surface area (Å²) < 4.78 is 7.15. The van der Waals surface area contributed by atoms with E-state index in [0.29, 0.717) is 24.7 Å². The molecule has 0 spiro atoms. The third-order valence-corrected chi connectivity index (χ3v) is 5.45. The smallest absolute Gasteiger partial charge is 0.410 e. The van der Waals surface area contributed by atoms with Crippen molar-refractivity contribution in [2.75, 3.05) is 18.0 Å². The number of likely N-dealkylation sites (tertiary alicyclic amines) is 1. The number of nitrogens with zero attached hydrogens (tertiary/aromatic N) is 5. The number of carbonyl (C=O) groups is 1. The van der Waals surface area contributed by atoms with Gasteiger partial charge < -0.3 is 14.5 Å². The highest BCUT2D eigenvalue weighted by Crippen LogP contribution is 2.34. The molecule has 2 aromatic rings. The number of fused-ring (bicyclic) bond motifs is 2. The van der Waals surface area contributed by atoms with Crippen LogP contribution in [0.2, 0.25) is 0 Å². The van der Waals surface area contributed by atoms with Crippen molar-refractivity contribution in [2.24, 2.45) is 7.05 Å². The van der Waals surface area contributed by atoms with Gasteiger partial charge in [0.25, 0.3) is 5.56 Å². The Kier molecular flexibility index (Phi) is 4.80. The second kappa shape index (κ2) is 7.17. The van der Waals surface area contributed by atoms with Gasteiger partial charge in [0.1, 0.15) is 5.60 Å². The summed E-state index contributed by atoms with van der Waals surface area (Å²) in [7, 11) is 1.75. The van der Waals surface area contributed by atoms with Gasteiger partial charge in [-0.25, -0.2) is 9.78 Å². The third kappa shape index (κ3) is 3.83. The first-order chi connectivity index (χ1) is 13.7. The Morgan fingerprint density at radius 1 is 1.14 bits per heavy atom. The van der Waals surface area contributed by atoms with Crippen LogP contribution in [0.3, 0.4) is 0 Å². The van der Waals surface area contributed by atoms with Crippen LogP contribution in [0, 0.1) is 0 Å². The molecule has 29 heavy (non-hydrogen) atoms. The molecule has 4 rings (SSSR count). The van der Waals surface area contributed by atoms with Gasteiger partial charge in [-0.3, -0.25) is 14.3 Å². The summed E-state index contributed by atoms with van der Waals surface area (Å²) in [5.41, 5.74) is 0.881. The van der Waals surface area contributed by atoms with Crippen molar-refractivity contribution in [1.82, 2.24) is 19.4 Å². The van der Waals surface area contributed by atoms with E-state index in [4.69, 9.17) is 9.72 Å². The lowest BCUT2D eigenvalue weighted by Crippen LogP contribution is -2.57. The van der Waals surface area contributed by atoms with E-state index >= 15 is 0 Å². The minimum Gasteiger partial charge on any atom is -0.444 e. The highest BCUT2D eigenvalue weighted by atomic mass is 16.6. The fourth-order valence-electron chi connectivity index (χ4n) is 4.13. The van der Waals surface area contributed by atoms with Crippen molar-refractivity contribution >= 4 is 12.0 Å².